The number of hydrogen-bond acceptors (Lipinski definition) is 5. The van der Waals surface area contributed by atoms with E-state index >= 15 is 0 Å². The number of rotatable bonds is 6. The minimum Gasteiger partial charge on any atom is -0.427 e. The maximum atomic E-state index is 12.1. The molecular weight excluding hydrogens is 286 g/mol. The van der Waals surface area contributed by atoms with Crippen molar-refractivity contribution in [1.29, 1.82) is 5.26 Å². The number of nitriles is 1. The lowest BCUT2D eigenvalue weighted by atomic mass is 10.0. The summed E-state index contributed by atoms with van der Waals surface area (Å²) in [6.45, 7) is 2.88. The van der Waals surface area contributed by atoms with Crippen LogP contribution < -0.4 is 15.8 Å². The van der Waals surface area contributed by atoms with Crippen molar-refractivity contribution >= 4 is 17.8 Å². The molecule has 0 fully saturated rings. The van der Waals surface area contributed by atoms with E-state index in [1.54, 1.807) is 13.0 Å². The van der Waals surface area contributed by atoms with Crippen LogP contribution in [0.3, 0.4) is 0 Å². The van der Waals surface area contributed by atoms with Gasteiger partial charge in [0.25, 0.3) is 5.91 Å². The van der Waals surface area contributed by atoms with Crippen LogP contribution in [-0.4, -0.2) is 23.8 Å². The van der Waals surface area contributed by atoms with Gasteiger partial charge in [0, 0.05) is 18.4 Å². The van der Waals surface area contributed by atoms with E-state index in [2.05, 4.69) is 5.32 Å². The maximum Gasteiger partial charge on any atom is 0.308 e. The highest BCUT2D eigenvalue weighted by molar-refractivity contribution is 5.97. The number of primary amides is 1. The zero-order valence-electron chi connectivity index (χ0n) is 12.3. The highest BCUT2D eigenvalue weighted by atomic mass is 16.5. The van der Waals surface area contributed by atoms with Crippen LogP contribution in [-0.2, 0) is 9.59 Å². The third-order valence-electron chi connectivity index (χ3n) is 2.82. The molecule has 1 aromatic carbocycles. The van der Waals surface area contributed by atoms with Gasteiger partial charge in [0.2, 0.25) is 5.91 Å². The van der Waals surface area contributed by atoms with Crippen molar-refractivity contribution in [3.05, 3.63) is 29.8 Å². The van der Waals surface area contributed by atoms with Gasteiger partial charge in [-0.3, -0.25) is 14.4 Å². The lowest BCUT2D eigenvalue weighted by molar-refractivity contribution is -0.131. The Kier molecular flexibility index (Phi) is 6.08. The van der Waals surface area contributed by atoms with Gasteiger partial charge in [0.1, 0.15) is 11.8 Å². The molecule has 0 aliphatic rings. The fourth-order valence-electron chi connectivity index (χ4n) is 1.76. The van der Waals surface area contributed by atoms with E-state index in [0.29, 0.717) is 0 Å². The molecule has 0 aromatic heterocycles. The first-order valence-electron chi connectivity index (χ1n) is 6.61. The highest BCUT2D eigenvalue weighted by Gasteiger charge is 2.21. The van der Waals surface area contributed by atoms with Crippen LogP contribution in [0.5, 0.6) is 5.75 Å². The van der Waals surface area contributed by atoms with Gasteiger partial charge in [-0.1, -0.05) is 6.07 Å². The Hall–Kier alpha value is -2.88. The standard InChI is InChI=1S/C15H17N3O4/c1-9(8-16)6-13(14(17)20)18-15(21)11-4-3-5-12(7-11)22-10(2)19/h3-5,7,9,13H,6H2,1-2H3,(H2,17,20)(H,18,21)/t9-,13+/m0/s1. The second-order valence-corrected chi connectivity index (χ2v) is 4.82. The zero-order chi connectivity index (χ0) is 16.7. The molecule has 7 heteroatoms. The number of nitrogens with zero attached hydrogens (tertiary/aromatic N) is 1. The number of nitrogens with two attached hydrogens (primary N) is 1. The van der Waals surface area contributed by atoms with Gasteiger partial charge in [-0.05, 0) is 31.5 Å². The Labute approximate surface area is 128 Å². The molecule has 7 nitrogen and oxygen atoms in total. The van der Waals surface area contributed by atoms with Crippen molar-refractivity contribution in [3.8, 4) is 11.8 Å². The average molecular weight is 303 g/mol. The summed E-state index contributed by atoms with van der Waals surface area (Å²) >= 11 is 0. The summed E-state index contributed by atoms with van der Waals surface area (Å²) in [4.78, 5) is 34.4. The Morgan fingerprint density at radius 2 is 2.09 bits per heavy atom. The number of benzene rings is 1. The molecule has 2 atom stereocenters. The molecule has 0 saturated heterocycles. The quantitative estimate of drug-likeness (QED) is 0.593. The molecular formula is C15H17N3O4. The first-order valence-corrected chi connectivity index (χ1v) is 6.61. The van der Waals surface area contributed by atoms with Crippen LogP contribution in [0, 0.1) is 17.2 Å². The lowest BCUT2D eigenvalue weighted by Gasteiger charge is -2.16. The monoisotopic (exact) mass is 303 g/mol. The number of hydrogen-bond donors (Lipinski definition) is 2. The summed E-state index contributed by atoms with van der Waals surface area (Å²) < 4.78 is 4.89. The fourth-order valence-corrected chi connectivity index (χ4v) is 1.76. The van der Waals surface area contributed by atoms with Gasteiger partial charge >= 0.3 is 5.97 Å². The van der Waals surface area contributed by atoms with Gasteiger partial charge in [-0.2, -0.15) is 5.26 Å². The number of carbonyl (C=O) groups excluding carboxylic acids is 3. The van der Waals surface area contributed by atoms with Crippen LogP contribution in [0.1, 0.15) is 30.6 Å². The predicted octanol–water partition coefficient (Wildman–Crippen LogP) is 0.745. The lowest BCUT2D eigenvalue weighted by Crippen LogP contribution is -2.45. The van der Waals surface area contributed by atoms with E-state index in [4.69, 9.17) is 15.7 Å². The van der Waals surface area contributed by atoms with Gasteiger partial charge in [-0.25, -0.2) is 0 Å². The van der Waals surface area contributed by atoms with Crippen molar-refractivity contribution < 1.29 is 19.1 Å². The molecule has 0 bridgehead atoms. The van der Waals surface area contributed by atoms with Crippen molar-refractivity contribution in [3.63, 3.8) is 0 Å². The normalized spacial score (nSPS) is 12.6. The van der Waals surface area contributed by atoms with Crippen molar-refractivity contribution in [2.75, 3.05) is 0 Å². The number of esters is 1. The third kappa shape index (κ3) is 5.25. The summed E-state index contributed by atoms with van der Waals surface area (Å²) in [7, 11) is 0. The Morgan fingerprint density at radius 3 is 2.64 bits per heavy atom. The van der Waals surface area contributed by atoms with Crippen LogP contribution in [0.4, 0.5) is 0 Å². The minimum absolute atomic E-state index is 0.126. The van der Waals surface area contributed by atoms with Crippen molar-refractivity contribution in [2.24, 2.45) is 11.7 Å². The van der Waals surface area contributed by atoms with Crippen LogP contribution in [0.2, 0.25) is 0 Å². The number of amides is 2. The van der Waals surface area contributed by atoms with E-state index in [0.717, 1.165) is 0 Å². The van der Waals surface area contributed by atoms with Gasteiger partial charge < -0.3 is 15.8 Å². The fraction of sp³-hybridized carbons (Fsp3) is 0.333. The second kappa shape index (κ2) is 7.78. The van der Waals surface area contributed by atoms with Crippen LogP contribution >= 0.6 is 0 Å². The largest absolute Gasteiger partial charge is 0.427 e. The molecule has 0 aliphatic carbocycles. The predicted molar refractivity (Wildman–Crippen MR) is 77.6 cm³/mol. The van der Waals surface area contributed by atoms with Gasteiger partial charge in [0.15, 0.2) is 0 Å². The van der Waals surface area contributed by atoms with Crippen molar-refractivity contribution in [1.82, 2.24) is 5.32 Å². The second-order valence-electron chi connectivity index (χ2n) is 4.82. The molecule has 0 radical (unpaired) electrons. The molecule has 0 aliphatic heterocycles. The van der Waals surface area contributed by atoms with E-state index in [-0.39, 0.29) is 17.7 Å². The van der Waals surface area contributed by atoms with Crippen LogP contribution in [0.15, 0.2) is 24.3 Å². The molecule has 0 heterocycles. The van der Waals surface area contributed by atoms with Gasteiger partial charge in [0.05, 0.1) is 6.07 Å². The molecule has 22 heavy (non-hydrogen) atoms. The maximum absolute atomic E-state index is 12.1. The molecule has 0 spiro atoms. The van der Waals surface area contributed by atoms with Crippen LogP contribution in [0.25, 0.3) is 0 Å². The SMILES string of the molecule is CC(=O)Oc1cccc(C(=O)N[C@H](C[C@H](C)C#N)C(N)=O)c1. The first-order chi connectivity index (χ1) is 10.3. The molecule has 0 unspecified atom stereocenters. The Bertz CT molecular complexity index is 621. The molecule has 3 N–H and O–H groups in total. The zero-order valence-corrected chi connectivity index (χ0v) is 12.3. The first kappa shape index (κ1) is 17.2. The van der Waals surface area contributed by atoms with E-state index in [1.807, 2.05) is 6.07 Å². The van der Waals surface area contributed by atoms with E-state index in [9.17, 15) is 14.4 Å². The molecule has 0 saturated carbocycles. The number of ether oxygens (including phenoxy) is 1. The average Bonchev–Trinajstić information content (AvgIpc) is 2.45. The van der Waals surface area contributed by atoms with Crippen molar-refractivity contribution in [2.45, 2.75) is 26.3 Å². The molecule has 1 rings (SSSR count). The summed E-state index contributed by atoms with van der Waals surface area (Å²) in [5.41, 5.74) is 5.45. The van der Waals surface area contributed by atoms with Gasteiger partial charge in [-0.15, -0.1) is 0 Å². The topological polar surface area (TPSA) is 122 Å². The van der Waals surface area contributed by atoms with E-state index in [1.165, 1.54) is 25.1 Å². The summed E-state index contributed by atoms with van der Waals surface area (Å²) in [5, 5.41) is 11.2. The third-order valence-corrected chi connectivity index (χ3v) is 2.82. The summed E-state index contributed by atoms with van der Waals surface area (Å²) in [6.07, 6.45) is 0.126. The Balaban J connectivity index is 2.84. The molecule has 1 aromatic rings. The molecule has 2 amide bonds. The van der Waals surface area contributed by atoms with E-state index < -0.39 is 29.7 Å². The highest BCUT2D eigenvalue weighted by Crippen LogP contribution is 2.14. The smallest absolute Gasteiger partial charge is 0.308 e. The number of carbonyl (C=O) groups is 3. The molecule has 116 valence electrons. The Morgan fingerprint density at radius 1 is 1.41 bits per heavy atom. The number of nitrogens with one attached hydrogen (secondary N) is 1. The summed E-state index contributed by atoms with van der Waals surface area (Å²) in [6, 6.07) is 6.99. The minimum atomic E-state index is -0.945. The summed E-state index contributed by atoms with van der Waals surface area (Å²) in [5.74, 6) is -1.96.